The van der Waals surface area contributed by atoms with Crippen LogP contribution >= 0.6 is 39.1 Å². The highest BCUT2D eigenvalue weighted by atomic mass is 79.9. The molecule has 3 aromatic rings. The summed E-state index contributed by atoms with van der Waals surface area (Å²) in [6.07, 6.45) is 0. The second-order valence-electron chi connectivity index (χ2n) is 5.43. The Labute approximate surface area is 158 Å². The van der Waals surface area contributed by atoms with Gasteiger partial charge in [-0.1, -0.05) is 45.2 Å². The fourth-order valence-corrected chi connectivity index (χ4v) is 2.85. The summed E-state index contributed by atoms with van der Waals surface area (Å²) in [5.74, 6) is 1.08. The Hall–Kier alpha value is -1.40. The maximum atomic E-state index is 6.05. The van der Waals surface area contributed by atoms with Crippen molar-refractivity contribution < 1.29 is 4.42 Å². The fraction of sp³-hybridized carbons (Fsp3) is 0.176. The maximum Gasteiger partial charge on any atom is 0.247 e. The summed E-state index contributed by atoms with van der Waals surface area (Å²) in [4.78, 5) is 2.07. The molecule has 3 rings (SSSR count). The molecule has 0 fully saturated rings. The molecule has 0 radical (unpaired) electrons. The van der Waals surface area contributed by atoms with E-state index in [2.05, 4.69) is 31.0 Å². The molecule has 0 N–H and O–H groups in total. The number of nitrogens with zero attached hydrogens (tertiary/aromatic N) is 3. The normalized spacial score (nSPS) is 11.2. The van der Waals surface area contributed by atoms with Gasteiger partial charge in [0, 0.05) is 16.6 Å². The zero-order valence-electron chi connectivity index (χ0n) is 12.8. The van der Waals surface area contributed by atoms with Crippen molar-refractivity contribution in [1.82, 2.24) is 15.1 Å². The van der Waals surface area contributed by atoms with Gasteiger partial charge in [0.2, 0.25) is 11.8 Å². The predicted octanol–water partition coefficient (Wildman–Crippen LogP) is 5.44. The highest BCUT2D eigenvalue weighted by Gasteiger charge is 2.11. The average Bonchev–Trinajstić information content (AvgIpc) is 3.00. The molecule has 0 atom stereocenters. The molecular formula is C17H14BrCl2N3O. The van der Waals surface area contributed by atoms with E-state index < -0.39 is 0 Å². The Morgan fingerprint density at radius 1 is 1.00 bits per heavy atom. The van der Waals surface area contributed by atoms with Crippen molar-refractivity contribution in [1.29, 1.82) is 0 Å². The molecule has 2 aromatic carbocycles. The van der Waals surface area contributed by atoms with Crippen molar-refractivity contribution in [3.05, 3.63) is 68.4 Å². The Balaban J connectivity index is 1.65. The maximum absolute atomic E-state index is 6.05. The smallest absolute Gasteiger partial charge is 0.247 e. The van der Waals surface area contributed by atoms with Crippen LogP contribution in [0.25, 0.3) is 11.5 Å². The van der Waals surface area contributed by atoms with Crippen LogP contribution in [0.2, 0.25) is 10.0 Å². The van der Waals surface area contributed by atoms with E-state index in [4.69, 9.17) is 27.6 Å². The topological polar surface area (TPSA) is 42.2 Å². The lowest BCUT2D eigenvalue weighted by molar-refractivity contribution is 0.283. The van der Waals surface area contributed by atoms with Crippen LogP contribution in [0, 0.1) is 0 Å². The largest absolute Gasteiger partial charge is 0.419 e. The first-order valence-corrected chi connectivity index (χ1v) is 8.77. The lowest BCUT2D eigenvalue weighted by Crippen LogP contribution is -2.17. The summed E-state index contributed by atoms with van der Waals surface area (Å²) in [5.41, 5.74) is 1.96. The highest BCUT2D eigenvalue weighted by molar-refractivity contribution is 9.10. The van der Waals surface area contributed by atoms with Crippen LogP contribution in [-0.2, 0) is 13.1 Å². The molecule has 0 aliphatic heterocycles. The molecule has 1 heterocycles. The first-order valence-electron chi connectivity index (χ1n) is 7.22. The number of halogens is 3. The summed E-state index contributed by atoms with van der Waals surface area (Å²) < 4.78 is 6.74. The molecule has 0 bridgehead atoms. The molecule has 0 saturated carbocycles. The summed E-state index contributed by atoms with van der Waals surface area (Å²) in [7, 11) is 1.98. The van der Waals surface area contributed by atoms with Crippen LogP contribution in [0.4, 0.5) is 0 Å². The van der Waals surface area contributed by atoms with Gasteiger partial charge in [0.05, 0.1) is 16.6 Å². The van der Waals surface area contributed by atoms with E-state index in [1.165, 1.54) is 0 Å². The molecule has 1 aromatic heterocycles. The van der Waals surface area contributed by atoms with Gasteiger partial charge in [-0.2, -0.15) is 0 Å². The van der Waals surface area contributed by atoms with Crippen molar-refractivity contribution in [2.24, 2.45) is 0 Å². The van der Waals surface area contributed by atoms with Gasteiger partial charge >= 0.3 is 0 Å². The Bertz CT molecular complexity index is 836. The van der Waals surface area contributed by atoms with Gasteiger partial charge in [-0.15, -0.1) is 10.2 Å². The van der Waals surface area contributed by atoms with E-state index >= 15 is 0 Å². The summed E-state index contributed by atoms with van der Waals surface area (Å²) in [6, 6.07) is 13.4. The lowest BCUT2D eigenvalue weighted by Gasteiger charge is -2.14. The molecular weight excluding hydrogens is 413 g/mol. The summed E-state index contributed by atoms with van der Waals surface area (Å²) in [6.45, 7) is 1.25. The van der Waals surface area contributed by atoms with Crippen LogP contribution < -0.4 is 0 Å². The molecule has 0 spiro atoms. The van der Waals surface area contributed by atoms with Crippen LogP contribution in [-0.4, -0.2) is 22.1 Å². The van der Waals surface area contributed by atoms with Gasteiger partial charge in [-0.05, 0) is 49.0 Å². The Kier molecular flexibility index (Phi) is 5.56. The molecule has 0 aliphatic rings. The molecule has 0 unspecified atom stereocenters. The molecule has 0 saturated heterocycles. The Morgan fingerprint density at radius 2 is 1.75 bits per heavy atom. The first-order chi connectivity index (χ1) is 11.5. The van der Waals surface area contributed by atoms with Crippen LogP contribution in [0.5, 0.6) is 0 Å². The van der Waals surface area contributed by atoms with Crippen molar-refractivity contribution >= 4 is 39.1 Å². The van der Waals surface area contributed by atoms with E-state index in [1.807, 2.05) is 43.4 Å². The summed E-state index contributed by atoms with van der Waals surface area (Å²) >= 11 is 15.4. The van der Waals surface area contributed by atoms with E-state index in [0.717, 1.165) is 15.6 Å². The quantitative estimate of drug-likeness (QED) is 0.544. The average molecular weight is 427 g/mol. The number of rotatable bonds is 5. The second-order valence-corrected chi connectivity index (χ2v) is 7.16. The lowest BCUT2D eigenvalue weighted by atomic mass is 10.2. The summed E-state index contributed by atoms with van der Waals surface area (Å²) in [5, 5.41) is 9.32. The molecule has 7 heteroatoms. The van der Waals surface area contributed by atoms with Crippen molar-refractivity contribution in [2.45, 2.75) is 13.1 Å². The van der Waals surface area contributed by atoms with Crippen LogP contribution in [0.3, 0.4) is 0 Å². The van der Waals surface area contributed by atoms with E-state index in [0.29, 0.717) is 34.9 Å². The monoisotopic (exact) mass is 425 g/mol. The minimum atomic E-state index is 0.514. The van der Waals surface area contributed by atoms with Gasteiger partial charge in [0.1, 0.15) is 0 Å². The third-order valence-corrected chi connectivity index (χ3v) is 4.67. The van der Waals surface area contributed by atoms with Crippen molar-refractivity contribution in [3.63, 3.8) is 0 Å². The molecule has 124 valence electrons. The van der Waals surface area contributed by atoms with Gasteiger partial charge in [-0.3, -0.25) is 4.90 Å². The number of benzene rings is 2. The third-order valence-electron chi connectivity index (χ3n) is 3.40. The minimum absolute atomic E-state index is 0.514. The van der Waals surface area contributed by atoms with E-state index in [-0.39, 0.29) is 0 Å². The van der Waals surface area contributed by atoms with E-state index in [9.17, 15) is 0 Å². The number of hydrogen-bond acceptors (Lipinski definition) is 4. The predicted molar refractivity (Wildman–Crippen MR) is 99.1 cm³/mol. The van der Waals surface area contributed by atoms with Crippen LogP contribution in [0.15, 0.2) is 51.4 Å². The molecule has 0 aliphatic carbocycles. The SMILES string of the molecule is CN(Cc1ccc(Cl)c(Cl)c1)Cc1nnc(-c2ccc(Br)cc2)o1. The first kappa shape index (κ1) is 17.4. The van der Waals surface area contributed by atoms with Gasteiger partial charge in [-0.25, -0.2) is 0 Å². The zero-order chi connectivity index (χ0) is 17.1. The third kappa shape index (κ3) is 4.36. The molecule has 4 nitrogen and oxygen atoms in total. The van der Waals surface area contributed by atoms with E-state index in [1.54, 1.807) is 6.07 Å². The molecule has 0 amide bonds. The van der Waals surface area contributed by atoms with Gasteiger partial charge < -0.3 is 4.42 Å². The highest BCUT2D eigenvalue weighted by Crippen LogP contribution is 2.24. The van der Waals surface area contributed by atoms with Crippen LogP contribution in [0.1, 0.15) is 11.5 Å². The van der Waals surface area contributed by atoms with Crippen molar-refractivity contribution in [2.75, 3.05) is 7.05 Å². The molecule has 24 heavy (non-hydrogen) atoms. The standard InChI is InChI=1S/C17H14BrCl2N3O/c1-23(9-11-2-7-14(19)15(20)8-11)10-16-21-22-17(24-16)12-3-5-13(18)6-4-12/h2-8H,9-10H2,1H3. The second kappa shape index (κ2) is 7.66. The van der Waals surface area contributed by atoms with Gasteiger partial charge in [0.25, 0.3) is 0 Å². The minimum Gasteiger partial charge on any atom is -0.419 e. The Morgan fingerprint density at radius 3 is 2.46 bits per heavy atom. The van der Waals surface area contributed by atoms with Crippen molar-refractivity contribution in [3.8, 4) is 11.5 Å². The zero-order valence-corrected chi connectivity index (χ0v) is 15.9. The number of aromatic nitrogens is 2. The fourth-order valence-electron chi connectivity index (χ4n) is 2.26. The van der Waals surface area contributed by atoms with Gasteiger partial charge in [0.15, 0.2) is 0 Å². The number of hydrogen-bond donors (Lipinski definition) is 0.